The van der Waals surface area contributed by atoms with Crippen molar-refractivity contribution in [1.82, 2.24) is 40.4 Å². The zero-order valence-corrected chi connectivity index (χ0v) is 39.4. The van der Waals surface area contributed by atoms with E-state index in [0.717, 1.165) is 60.5 Å². The Bertz CT molecular complexity index is 3110. The van der Waals surface area contributed by atoms with E-state index in [1.807, 2.05) is 114 Å². The number of aliphatic hydroxyl groups is 2. The molecule has 0 bridgehead atoms. The minimum atomic E-state index is 0.0468. The number of aromatic amines is 1. The molecule has 0 spiro atoms. The number of nitrogens with one attached hydrogen (secondary N) is 1. The third-order valence-electron chi connectivity index (χ3n) is 11.3. The fraction of sp³-hybridized carbons (Fsp3) is 0.176. The molecule has 2 saturated carbocycles. The quantitative estimate of drug-likeness (QED) is 0.0906. The van der Waals surface area contributed by atoms with E-state index in [9.17, 15) is 0 Å². The van der Waals surface area contributed by atoms with Crippen molar-refractivity contribution in [2.24, 2.45) is 11.8 Å². The van der Waals surface area contributed by atoms with E-state index in [2.05, 4.69) is 79.6 Å². The van der Waals surface area contributed by atoms with E-state index in [4.69, 9.17) is 57.2 Å². The number of aliphatic hydroxyl groups excluding tert-OH is 2. The topological polar surface area (TPSA) is 131 Å². The van der Waals surface area contributed by atoms with Gasteiger partial charge >= 0.3 is 0 Å². The molecule has 15 heteroatoms. The molecule has 0 radical (unpaired) electrons. The number of thioether (sulfide) groups is 1. The van der Waals surface area contributed by atoms with Gasteiger partial charge in [-0.1, -0.05) is 196 Å². The Morgan fingerprint density at radius 1 is 0.636 bits per heavy atom. The minimum Gasteiger partial charge on any atom is -0.396 e. The first kappa shape index (κ1) is 46.8. The summed E-state index contributed by atoms with van der Waals surface area (Å²) in [7, 11) is 0. The van der Waals surface area contributed by atoms with Gasteiger partial charge in [-0.15, -0.1) is 5.10 Å². The smallest absolute Gasteiger partial charge is 0.242 e. The summed E-state index contributed by atoms with van der Waals surface area (Å²) >= 11 is 25.0. The molecular weight excluding hydrogens is 927 g/mol. The molecule has 66 heavy (non-hydrogen) atoms. The van der Waals surface area contributed by atoms with Gasteiger partial charge in [0.25, 0.3) is 0 Å². The van der Waals surface area contributed by atoms with E-state index in [1.165, 1.54) is 22.9 Å². The van der Waals surface area contributed by atoms with Crippen molar-refractivity contribution >= 4 is 86.4 Å². The molecule has 2 aromatic heterocycles. The first-order chi connectivity index (χ1) is 32.3. The summed E-state index contributed by atoms with van der Waals surface area (Å²) in [5.41, 5.74) is 5.37. The Hall–Kier alpha value is -5.70. The van der Waals surface area contributed by atoms with Crippen molar-refractivity contribution in [2.75, 3.05) is 19.0 Å². The van der Waals surface area contributed by atoms with Crippen molar-refractivity contribution in [3.63, 3.8) is 0 Å². The summed E-state index contributed by atoms with van der Waals surface area (Å²) in [6, 6.07) is 52.2. The summed E-state index contributed by atoms with van der Waals surface area (Å²) in [6.07, 6.45) is 5.70. The van der Waals surface area contributed by atoms with Crippen LogP contribution in [0.2, 0.25) is 15.1 Å². The van der Waals surface area contributed by atoms with Gasteiger partial charge in [0.1, 0.15) is 0 Å². The minimum absolute atomic E-state index is 0.0468. The maximum Gasteiger partial charge on any atom is 0.242 e. The van der Waals surface area contributed by atoms with E-state index < -0.39 is 0 Å². The summed E-state index contributed by atoms with van der Waals surface area (Å²) < 4.78 is 3.97. The van der Waals surface area contributed by atoms with Crippen LogP contribution >= 0.6 is 58.8 Å². The van der Waals surface area contributed by atoms with Crippen LogP contribution in [0.4, 0.5) is 0 Å². The van der Waals surface area contributed by atoms with Crippen LogP contribution in [0.25, 0.3) is 39.0 Å². The Morgan fingerprint density at radius 2 is 1.18 bits per heavy atom. The molecule has 4 unspecified atom stereocenters. The van der Waals surface area contributed by atoms with Gasteiger partial charge in [-0.05, 0) is 117 Å². The predicted molar refractivity (Wildman–Crippen MR) is 271 cm³/mol. The number of benzene rings is 7. The SMILES string of the molecule is Clc1ccccc1C1CC1CSc1nnnn1-c1cccc2ccccc12.OC/C=C/c1ccccc1Cl.OCC1CC1c1ccccc1Cl.S=c1nn[nH]n1-c1cccc2ccccc12. The number of fused-ring (bicyclic) bond motifs is 2. The average Bonchev–Trinajstić information content (AvgIpc) is 4.22. The largest absolute Gasteiger partial charge is 0.396 e. The highest BCUT2D eigenvalue weighted by molar-refractivity contribution is 7.99. The molecule has 9 aromatic rings. The van der Waals surface area contributed by atoms with Gasteiger partial charge in [0.2, 0.25) is 9.93 Å². The average molecular weight is 972 g/mol. The molecule has 0 amide bonds. The molecule has 7 aromatic carbocycles. The third kappa shape index (κ3) is 11.6. The second kappa shape index (κ2) is 22.7. The van der Waals surface area contributed by atoms with Crippen LogP contribution in [-0.2, 0) is 0 Å². The van der Waals surface area contributed by atoms with Gasteiger partial charge in [0.15, 0.2) is 0 Å². The normalized spacial score (nSPS) is 17.0. The number of nitrogens with zero attached hydrogens (tertiary/aromatic N) is 7. The second-order valence-electron chi connectivity index (χ2n) is 15.6. The summed E-state index contributed by atoms with van der Waals surface area (Å²) in [5, 5.41) is 47.9. The molecular formula is C51H45Cl3N8O2S2. The molecule has 2 heterocycles. The summed E-state index contributed by atoms with van der Waals surface area (Å²) in [6.45, 7) is 0.334. The van der Waals surface area contributed by atoms with Gasteiger partial charge in [-0.2, -0.15) is 9.90 Å². The van der Waals surface area contributed by atoms with Crippen LogP contribution in [0.5, 0.6) is 0 Å². The van der Waals surface area contributed by atoms with Gasteiger partial charge in [-0.3, -0.25) is 0 Å². The van der Waals surface area contributed by atoms with Crippen LogP contribution in [0, 0.1) is 16.6 Å². The van der Waals surface area contributed by atoms with Crippen LogP contribution in [0.3, 0.4) is 0 Å². The molecule has 334 valence electrons. The van der Waals surface area contributed by atoms with Crippen molar-refractivity contribution in [3.8, 4) is 11.4 Å². The number of rotatable bonds is 10. The van der Waals surface area contributed by atoms with Gasteiger partial charge < -0.3 is 10.2 Å². The number of tetrazole rings is 2. The third-order valence-corrected chi connectivity index (χ3v) is 13.7. The molecule has 2 aliphatic carbocycles. The Labute approximate surface area is 406 Å². The molecule has 3 N–H and O–H groups in total. The number of H-pyrrole nitrogens is 1. The number of hydrogen-bond acceptors (Lipinski definition) is 9. The summed E-state index contributed by atoms with van der Waals surface area (Å²) in [5.74, 6) is 3.11. The molecule has 11 rings (SSSR count). The zero-order chi connectivity index (χ0) is 45.8. The highest BCUT2D eigenvalue weighted by Gasteiger charge is 2.40. The Balaban J connectivity index is 0.000000129. The zero-order valence-electron chi connectivity index (χ0n) is 35.5. The van der Waals surface area contributed by atoms with Gasteiger partial charge in [0, 0.05) is 38.2 Å². The fourth-order valence-corrected chi connectivity index (χ4v) is 9.75. The molecule has 0 aliphatic heterocycles. The maximum atomic E-state index is 8.89. The number of halogens is 3. The first-order valence-electron chi connectivity index (χ1n) is 21.3. The van der Waals surface area contributed by atoms with E-state index in [1.54, 1.807) is 28.6 Å². The Kier molecular flexibility index (Phi) is 16.1. The molecule has 0 saturated heterocycles. The van der Waals surface area contributed by atoms with Crippen molar-refractivity contribution < 1.29 is 10.2 Å². The van der Waals surface area contributed by atoms with Crippen LogP contribution in [-0.4, -0.2) is 69.6 Å². The highest BCUT2D eigenvalue weighted by atomic mass is 35.5. The van der Waals surface area contributed by atoms with Gasteiger partial charge in [0.05, 0.1) is 18.0 Å². The van der Waals surface area contributed by atoms with Crippen molar-refractivity contribution in [1.29, 1.82) is 0 Å². The van der Waals surface area contributed by atoms with E-state index in [0.29, 0.717) is 33.5 Å². The first-order valence-corrected chi connectivity index (χ1v) is 23.9. The fourth-order valence-electron chi connectivity index (χ4n) is 7.74. The highest BCUT2D eigenvalue weighted by Crippen LogP contribution is 2.51. The number of hydrogen-bond donors (Lipinski definition) is 3. The molecule has 2 fully saturated rings. The molecule has 2 aliphatic rings. The predicted octanol–water partition coefficient (Wildman–Crippen LogP) is 12.6. The summed E-state index contributed by atoms with van der Waals surface area (Å²) in [4.78, 5) is 0. The van der Waals surface area contributed by atoms with E-state index in [-0.39, 0.29) is 13.2 Å². The van der Waals surface area contributed by atoms with Crippen LogP contribution < -0.4 is 0 Å². The lowest BCUT2D eigenvalue weighted by atomic mass is 10.1. The lowest BCUT2D eigenvalue weighted by Crippen LogP contribution is -2.01. The Morgan fingerprint density at radius 3 is 1.77 bits per heavy atom. The maximum absolute atomic E-state index is 8.89. The van der Waals surface area contributed by atoms with Gasteiger partial charge in [-0.25, -0.2) is 4.68 Å². The van der Waals surface area contributed by atoms with Crippen LogP contribution in [0.15, 0.2) is 169 Å². The van der Waals surface area contributed by atoms with Crippen LogP contribution in [0.1, 0.15) is 41.4 Å². The lowest BCUT2D eigenvalue weighted by molar-refractivity contribution is 0.274. The standard InChI is InChI=1S/C21H17ClN4S.C11H8N4S.C10H11ClO.C9H9ClO/c22-19-10-4-3-9-17(19)18-12-15(18)13-27-21-23-24-25-26(21)20-11-5-7-14-6-1-2-8-16(14)20;16-11-12-13-14-15(11)10-7-3-5-8-4-1-2-6-9(8)10;11-10-4-2-1-3-8(10)9-5-7(9)6-12;10-9-6-2-1-4-8(9)5-3-7-11/h1-11,15,18H,12-13H2;1-7H,(H,12,14,16);1-4,7,9,12H,5-6H2;1-6,11H,7H2/b;;;5-3+. The second-order valence-corrected chi connectivity index (χ2v) is 18.2. The lowest BCUT2D eigenvalue weighted by Gasteiger charge is -2.08. The monoisotopic (exact) mass is 970 g/mol. The van der Waals surface area contributed by atoms with Crippen molar-refractivity contribution in [2.45, 2.75) is 29.8 Å². The molecule has 4 atom stereocenters. The molecule has 10 nitrogen and oxygen atoms in total. The van der Waals surface area contributed by atoms with E-state index >= 15 is 0 Å². The number of aromatic nitrogens is 8. The van der Waals surface area contributed by atoms with Crippen molar-refractivity contribution in [3.05, 3.63) is 200 Å².